The smallest absolute Gasteiger partial charge is 0.307 e. The fraction of sp³-hybridized carbons (Fsp3) is 0.500. The largest absolute Gasteiger partial charge is 0.452 e. The first kappa shape index (κ1) is 19.4. The molecule has 1 aromatic rings. The molecule has 9 heteroatoms. The molecule has 0 saturated carbocycles. The van der Waals surface area contributed by atoms with E-state index in [1.54, 1.807) is 23.1 Å². The van der Waals surface area contributed by atoms with Crippen molar-refractivity contribution in [3.8, 4) is 0 Å². The van der Waals surface area contributed by atoms with Crippen LogP contribution in [0.5, 0.6) is 0 Å². The summed E-state index contributed by atoms with van der Waals surface area (Å²) in [4.78, 5) is 25.7. The first-order chi connectivity index (χ1) is 11.9. The summed E-state index contributed by atoms with van der Waals surface area (Å²) in [5.74, 6) is -0.911. The van der Waals surface area contributed by atoms with Gasteiger partial charge in [-0.15, -0.1) is 0 Å². The number of amides is 1. The number of nitrogens with zero attached hydrogens (tertiary/aromatic N) is 1. The van der Waals surface area contributed by atoms with Crippen LogP contribution in [-0.4, -0.2) is 64.1 Å². The Bertz CT molecular complexity index is 686. The number of sulfonamides is 1. The van der Waals surface area contributed by atoms with Crippen molar-refractivity contribution >= 4 is 21.9 Å². The van der Waals surface area contributed by atoms with E-state index in [1.165, 1.54) is 19.1 Å². The highest BCUT2D eigenvalue weighted by molar-refractivity contribution is 7.89. The average Bonchev–Trinajstić information content (AvgIpc) is 2.62. The molecule has 1 atom stereocenters. The predicted molar refractivity (Wildman–Crippen MR) is 89.2 cm³/mol. The van der Waals surface area contributed by atoms with Gasteiger partial charge in [0.25, 0.3) is 5.91 Å². The first-order valence-corrected chi connectivity index (χ1v) is 9.49. The summed E-state index contributed by atoms with van der Waals surface area (Å²) < 4.78 is 36.6. The molecule has 1 unspecified atom stereocenters. The Labute approximate surface area is 147 Å². The van der Waals surface area contributed by atoms with Gasteiger partial charge < -0.3 is 14.4 Å². The van der Waals surface area contributed by atoms with E-state index < -0.39 is 22.1 Å². The van der Waals surface area contributed by atoms with E-state index in [0.29, 0.717) is 26.3 Å². The van der Waals surface area contributed by atoms with Crippen LogP contribution in [0, 0.1) is 0 Å². The van der Waals surface area contributed by atoms with Gasteiger partial charge >= 0.3 is 5.97 Å². The molecule has 1 aromatic carbocycles. The maximum atomic E-state index is 12.1. The van der Waals surface area contributed by atoms with Crippen LogP contribution in [0.3, 0.4) is 0 Å². The van der Waals surface area contributed by atoms with Gasteiger partial charge in [0.15, 0.2) is 6.10 Å². The standard InChI is InChI=1S/C16H22N2O6S/c1-13(16(20)18-9-11-23-12-10-18)24-15(19)7-8-17-25(21,22)14-5-3-2-4-6-14/h2-6,13,17H,7-12H2,1H3. The van der Waals surface area contributed by atoms with Crippen LogP contribution in [-0.2, 0) is 29.1 Å². The zero-order valence-corrected chi connectivity index (χ0v) is 14.8. The maximum absolute atomic E-state index is 12.1. The summed E-state index contributed by atoms with van der Waals surface area (Å²) in [6.45, 7) is 3.27. The number of rotatable bonds is 7. The third-order valence-corrected chi connectivity index (χ3v) is 5.13. The normalized spacial score (nSPS) is 16.3. The van der Waals surface area contributed by atoms with Crippen molar-refractivity contribution in [2.75, 3.05) is 32.8 Å². The van der Waals surface area contributed by atoms with Crippen LogP contribution >= 0.6 is 0 Å². The molecule has 0 bridgehead atoms. The molecule has 0 spiro atoms. The number of carbonyl (C=O) groups excluding carboxylic acids is 2. The van der Waals surface area contributed by atoms with Crippen molar-refractivity contribution in [2.45, 2.75) is 24.3 Å². The summed E-state index contributed by atoms with van der Waals surface area (Å²) in [5.41, 5.74) is 0. The van der Waals surface area contributed by atoms with E-state index in [4.69, 9.17) is 9.47 Å². The molecule has 138 valence electrons. The average molecular weight is 370 g/mol. The van der Waals surface area contributed by atoms with E-state index in [0.717, 1.165) is 0 Å². The minimum atomic E-state index is -3.66. The quantitative estimate of drug-likeness (QED) is 0.686. The van der Waals surface area contributed by atoms with Gasteiger partial charge in [0.05, 0.1) is 24.5 Å². The van der Waals surface area contributed by atoms with Crippen molar-refractivity contribution in [1.29, 1.82) is 0 Å². The fourth-order valence-electron chi connectivity index (χ4n) is 2.32. The highest BCUT2D eigenvalue weighted by Crippen LogP contribution is 2.07. The summed E-state index contributed by atoms with van der Waals surface area (Å²) in [7, 11) is -3.66. The summed E-state index contributed by atoms with van der Waals surface area (Å²) in [6.07, 6.45) is -1.07. The molecule has 0 radical (unpaired) electrons. The van der Waals surface area contributed by atoms with Gasteiger partial charge in [0.2, 0.25) is 10.0 Å². The number of benzene rings is 1. The van der Waals surface area contributed by atoms with Crippen LogP contribution in [0.15, 0.2) is 35.2 Å². The number of nitrogens with one attached hydrogen (secondary N) is 1. The topological polar surface area (TPSA) is 102 Å². The molecule has 8 nitrogen and oxygen atoms in total. The Kier molecular flexibility index (Phi) is 6.91. The van der Waals surface area contributed by atoms with E-state index in [2.05, 4.69) is 4.72 Å². The highest BCUT2D eigenvalue weighted by atomic mass is 32.2. The second-order valence-electron chi connectivity index (χ2n) is 5.53. The van der Waals surface area contributed by atoms with Gasteiger partial charge in [0.1, 0.15) is 0 Å². The van der Waals surface area contributed by atoms with Gasteiger partial charge in [-0.2, -0.15) is 0 Å². The molecule has 2 rings (SSSR count). The van der Waals surface area contributed by atoms with Crippen LogP contribution in [0.25, 0.3) is 0 Å². The molecule has 1 aliphatic heterocycles. The number of hydrogen-bond acceptors (Lipinski definition) is 6. The fourth-order valence-corrected chi connectivity index (χ4v) is 3.37. The SMILES string of the molecule is CC(OC(=O)CCNS(=O)(=O)c1ccccc1)C(=O)N1CCOCC1. The van der Waals surface area contributed by atoms with Gasteiger partial charge in [-0.1, -0.05) is 18.2 Å². The number of ether oxygens (including phenoxy) is 2. The summed E-state index contributed by atoms with van der Waals surface area (Å²) >= 11 is 0. The minimum absolute atomic E-state index is 0.103. The lowest BCUT2D eigenvalue weighted by Crippen LogP contribution is -2.46. The zero-order valence-electron chi connectivity index (χ0n) is 14.0. The van der Waals surface area contributed by atoms with E-state index in [9.17, 15) is 18.0 Å². The monoisotopic (exact) mass is 370 g/mol. The number of morpholine rings is 1. The summed E-state index contributed by atoms with van der Waals surface area (Å²) in [5, 5.41) is 0. The molecule has 0 aromatic heterocycles. The lowest BCUT2D eigenvalue weighted by molar-refractivity contribution is -0.160. The molecular formula is C16H22N2O6S. The number of hydrogen-bond donors (Lipinski definition) is 1. The van der Waals surface area contributed by atoms with E-state index >= 15 is 0 Å². The maximum Gasteiger partial charge on any atom is 0.307 e. The minimum Gasteiger partial charge on any atom is -0.452 e. The van der Waals surface area contributed by atoms with Crippen molar-refractivity contribution in [3.63, 3.8) is 0 Å². The zero-order chi connectivity index (χ0) is 18.3. The second-order valence-corrected chi connectivity index (χ2v) is 7.30. The Morgan fingerprint density at radius 2 is 1.88 bits per heavy atom. The second kappa shape index (κ2) is 8.93. The Hall–Kier alpha value is -1.97. The molecule has 25 heavy (non-hydrogen) atoms. The number of carbonyl (C=O) groups is 2. The molecule has 1 saturated heterocycles. The van der Waals surface area contributed by atoms with Crippen molar-refractivity contribution in [1.82, 2.24) is 9.62 Å². The highest BCUT2D eigenvalue weighted by Gasteiger charge is 2.25. The van der Waals surface area contributed by atoms with Gasteiger partial charge in [-0.05, 0) is 19.1 Å². The third kappa shape index (κ3) is 5.80. The van der Waals surface area contributed by atoms with Crippen LogP contribution < -0.4 is 4.72 Å². The van der Waals surface area contributed by atoms with Crippen LogP contribution in [0.1, 0.15) is 13.3 Å². The summed E-state index contributed by atoms with van der Waals surface area (Å²) in [6, 6.07) is 7.86. The Morgan fingerprint density at radius 3 is 2.52 bits per heavy atom. The molecule has 1 heterocycles. The van der Waals surface area contributed by atoms with Crippen molar-refractivity contribution in [2.24, 2.45) is 0 Å². The number of esters is 1. The lowest BCUT2D eigenvalue weighted by atomic mass is 10.3. The predicted octanol–water partition coefficient (Wildman–Crippen LogP) is 0.146. The first-order valence-electron chi connectivity index (χ1n) is 8.01. The van der Waals surface area contributed by atoms with Gasteiger partial charge in [-0.3, -0.25) is 9.59 Å². The molecule has 0 aliphatic carbocycles. The van der Waals surface area contributed by atoms with Crippen LogP contribution in [0.2, 0.25) is 0 Å². The Morgan fingerprint density at radius 1 is 1.24 bits per heavy atom. The molecular weight excluding hydrogens is 348 g/mol. The Balaban J connectivity index is 1.75. The molecule has 1 amide bonds. The lowest BCUT2D eigenvalue weighted by Gasteiger charge is -2.28. The van der Waals surface area contributed by atoms with Crippen LogP contribution in [0.4, 0.5) is 0 Å². The van der Waals surface area contributed by atoms with Gasteiger partial charge in [0, 0.05) is 19.6 Å². The van der Waals surface area contributed by atoms with E-state index in [1.807, 2.05) is 0 Å². The van der Waals surface area contributed by atoms with Crippen molar-refractivity contribution < 1.29 is 27.5 Å². The van der Waals surface area contributed by atoms with Gasteiger partial charge in [-0.25, -0.2) is 13.1 Å². The third-order valence-electron chi connectivity index (χ3n) is 3.65. The molecule has 1 N–H and O–H groups in total. The molecule has 1 aliphatic rings. The van der Waals surface area contributed by atoms with Crippen molar-refractivity contribution in [3.05, 3.63) is 30.3 Å². The molecule has 1 fully saturated rings. The van der Waals surface area contributed by atoms with E-state index in [-0.39, 0.29) is 23.8 Å².